The molecule has 146 valence electrons. The molecule has 0 bridgehead atoms. The van der Waals surface area contributed by atoms with Crippen LogP contribution in [-0.4, -0.2) is 36.2 Å². The van der Waals surface area contributed by atoms with Gasteiger partial charge in [0, 0.05) is 13.0 Å². The number of anilines is 1. The average Bonchev–Trinajstić information content (AvgIpc) is 3.12. The fraction of sp³-hybridized carbons (Fsp3) is 0.294. The minimum Gasteiger partial charge on any atom is -0.392 e. The van der Waals surface area contributed by atoms with Crippen molar-refractivity contribution in [3.05, 3.63) is 68.4 Å². The molecule has 0 saturated heterocycles. The van der Waals surface area contributed by atoms with Gasteiger partial charge in [0.15, 0.2) is 0 Å². The van der Waals surface area contributed by atoms with E-state index in [0.717, 1.165) is 28.9 Å². The number of hydrogen-bond donors (Lipinski definition) is 1. The maximum atomic E-state index is 12.3. The van der Waals surface area contributed by atoms with Crippen molar-refractivity contribution in [3.8, 4) is 0 Å². The van der Waals surface area contributed by atoms with Gasteiger partial charge in [0.2, 0.25) is 0 Å². The van der Waals surface area contributed by atoms with Crippen LogP contribution in [0.1, 0.15) is 22.5 Å². The number of fused-ring (bicyclic) bond motifs is 1. The van der Waals surface area contributed by atoms with Gasteiger partial charge in [0.1, 0.15) is 10.7 Å². The van der Waals surface area contributed by atoms with Crippen LogP contribution >= 0.6 is 40.0 Å². The molecule has 0 spiro atoms. The highest BCUT2D eigenvalue weighted by molar-refractivity contribution is 14.2. The van der Waals surface area contributed by atoms with Crippen LogP contribution in [0.2, 0.25) is 5.02 Å². The monoisotopic (exact) mass is 530 g/mol. The lowest BCUT2D eigenvalue weighted by Gasteiger charge is -2.28. The molecular weight excluding hydrogens is 514 g/mol. The summed E-state index contributed by atoms with van der Waals surface area (Å²) in [5.41, 5.74) is 4.19. The van der Waals surface area contributed by atoms with Gasteiger partial charge >= 0.3 is 0 Å². The molecule has 2 aromatic heterocycles. The smallest absolute Gasteiger partial charge is 0.291 e. The number of rotatable bonds is 5. The van der Waals surface area contributed by atoms with Crippen LogP contribution in [0.15, 0.2) is 35.3 Å². The first-order valence-corrected chi connectivity index (χ1v) is 13.0. The third-order valence-electron chi connectivity index (χ3n) is 4.81. The van der Waals surface area contributed by atoms with Gasteiger partial charge < -0.3 is 10.0 Å². The van der Waals surface area contributed by atoms with Gasteiger partial charge in [-0.1, -0.05) is 41.1 Å². The van der Waals surface area contributed by atoms with Crippen molar-refractivity contribution in [1.29, 1.82) is 0 Å². The maximum absolute atomic E-state index is 12.3. The fourth-order valence-corrected chi connectivity index (χ4v) is 4.97. The molecule has 8 nitrogen and oxygen atoms in total. The molecule has 1 aliphatic heterocycles. The molecule has 0 radical (unpaired) electrons. The molecule has 28 heavy (non-hydrogen) atoms. The number of benzene rings is 1. The van der Waals surface area contributed by atoms with Crippen molar-refractivity contribution in [2.75, 3.05) is 11.4 Å². The van der Waals surface area contributed by atoms with Crippen LogP contribution in [-0.2, 0) is 26.1 Å². The Kier molecular flexibility index (Phi) is 5.96. The highest BCUT2D eigenvalue weighted by Gasteiger charge is 2.25. The van der Waals surface area contributed by atoms with E-state index >= 15 is 0 Å². The normalized spacial score (nSPS) is 14.0. The fourth-order valence-electron chi connectivity index (χ4n) is 3.33. The quantitative estimate of drug-likeness (QED) is 0.403. The van der Waals surface area contributed by atoms with Gasteiger partial charge in [-0.05, 0) is 33.2 Å². The first kappa shape index (κ1) is 19.8. The average molecular weight is 531 g/mol. The van der Waals surface area contributed by atoms with Crippen molar-refractivity contribution in [3.63, 3.8) is 0 Å². The van der Waals surface area contributed by atoms with Crippen LogP contribution in [0.25, 0.3) is 0 Å². The third kappa shape index (κ3) is 3.68. The van der Waals surface area contributed by atoms with E-state index in [0.29, 0.717) is 25.3 Å². The summed E-state index contributed by atoms with van der Waals surface area (Å²) in [5, 5.41) is 22.5. The van der Waals surface area contributed by atoms with E-state index in [2.05, 4.69) is 37.5 Å². The lowest BCUT2D eigenvalue weighted by atomic mass is 10.1. The number of halogens is 2. The van der Waals surface area contributed by atoms with Crippen molar-refractivity contribution < 1.29 is 5.11 Å². The highest BCUT2D eigenvalue weighted by Crippen LogP contribution is 2.29. The summed E-state index contributed by atoms with van der Waals surface area (Å²) in [7, 11) is 0. The number of aromatic nitrogens is 5. The van der Waals surface area contributed by atoms with Crippen molar-refractivity contribution in [1.82, 2.24) is 24.5 Å². The summed E-state index contributed by atoms with van der Waals surface area (Å²) in [4.78, 5) is 14.3. The molecule has 0 saturated carbocycles. The van der Waals surface area contributed by atoms with Crippen LogP contribution < -0.4 is 10.5 Å². The summed E-state index contributed by atoms with van der Waals surface area (Å²) >= 11 is 8.40. The molecule has 0 aliphatic carbocycles. The SMILES string of the molecule is O=c1c(Cl)c(N2CCc3c(nnn3Cc3ccccc3CO)C2)cnn1PI. The topological polar surface area (TPSA) is 89.1 Å². The summed E-state index contributed by atoms with van der Waals surface area (Å²) in [6, 6.07) is 7.76. The molecular formula is C17H17ClIN6O2P. The Morgan fingerprint density at radius 1 is 1.29 bits per heavy atom. The summed E-state index contributed by atoms with van der Waals surface area (Å²) in [6.45, 7) is 1.78. The van der Waals surface area contributed by atoms with E-state index in [9.17, 15) is 9.90 Å². The molecule has 4 rings (SSSR count). The van der Waals surface area contributed by atoms with E-state index in [1.807, 2.05) is 33.8 Å². The number of aliphatic hydroxyl groups is 1. The maximum Gasteiger partial charge on any atom is 0.291 e. The van der Waals surface area contributed by atoms with Crippen LogP contribution in [0.3, 0.4) is 0 Å². The first-order chi connectivity index (χ1) is 13.6. The number of hydrogen-bond acceptors (Lipinski definition) is 6. The lowest BCUT2D eigenvalue weighted by molar-refractivity contribution is 0.280. The largest absolute Gasteiger partial charge is 0.392 e. The Morgan fingerprint density at radius 3 is 2.82 bits per heavy atom. The molecule has 1 aliphatic rings. The van der Waals surface area contributed by atoms with Crippen LogP contribution in [0.4, 0.5) is 5.69 Å². The van der Waals surface area contributed by atoms with Gasteiger partial charge in [-0.3, -0.25) is 4.79 Å². The third-order valence-corrected chi connectivity index (χ3v) is 7.01. The molecule has 11 heteroatoms. The molecule has 1 aromatic carbocycles. The second kappa shape index (κ2) is 8.44. The predicted octanol–water partition coefficient (Wildman–Crippen LogP) is 2.38. The van der Waals surface area contributed by atoms with Gasteiger partial charge in [-0.15, -0.1) is 5.10 Å². The molecule has 3 heterocycles. The molecule has 0 amide bonds. The lowest BCUT2D eigenvalue weighted by Crippen LogP contribution is -2.33. The minimum absolute atomic E-state index is 0.00430. The van der Waals surface area contributed by atoms with Gasteiger partial charge in [0.25, 0.3) is 5.56 Å². The predicted molar refractivity (Wildman–Crippen MR) is 117 cm³/mol. The van der Waals surface area contributed by atoms with E-state index in [-0.39, 0.29) is 23.6 Å². The van der Waals surface area contributed by atoms with Crippen molar-refractivity contribution in [2.24, 2.45) is 0 Å². The van der Waals surface area contributed by atoms with E-state index in [4.69, 9.17) is 11.6 Å². The second-order valence-corrected chi connectivity index (χ2v) is 8.80. The zero-order valence-corrected chi connectivity index (χ0v) is 18.6. The second-order valence-electron chi connectivity index (χ2n) is 6.38. The van der Waals surface area contributed by atoms with E-state index < -0.39 is 0 Å². The van der Waals surface area contributed by atoms with Crippen molar-refractivity contribution in [2.45, 2.75) is 26.1 Å². The Labute approximate surface area is 180 Å². The van der Waals surface area contributed by atoms with Gasteiger partial charge in [0.05, 0.1) is 43.6 Å². The Bertz CT molecular complexity index is 1070. The molecule has 1 N–H and O–H groups in total. The standard InChI is InChI=1S/C17H17ClIN6O2P/c18-16-15(7-20-25(28-19)17(16)27)23-6-5-14-13(9-23)21-22-24(14)8-11-3-1-2-4-12(11)10-26/h1-4,7,26,28H,5-6,8-10H2. The van der Waals surface area contributed by atoms with Crippen LogP contribution in [0, 0.1) is 0 Å². The highest BCUT2D eigenvalue weighted by atomic mass is 127. The number of nitrogens with zero attached hydrogens (tertiary/aromatic N) is 6. The number of aliphatic hydroxyl groups excluding tert-OH is 1. The summed E-state index contributed by atoms with van der Waals surface area (Å²) in [5.74, 6) is 0. The Balaban J connectivity index is 1.58. The molecule has 1 atom stereocenters. The zero-order chi connectivity index (χ0) is 19.7. The zero-order valence-electron chi connectivity index (χ0n) is 14.7. The Morgan fingerprint density at radius 2 is 2.07 bits per heavy atom. The van der Waals surface area contributed by atoms with Gasteiger partial charge in [-0.2, -0.15) is 5.10 Å². The Hall–Kier alpha value is -1.55. The summed E-state index contributed by atoms with van der Waals surface area (Å²) in [6.07, 6.45) is 2.58. The van der Waals surface area contributed by atoms with Crippen LogP contribution in [0.5, 0.6) is 0 Å². The van der Waals surface area contributed by atoms with Crippen molar-refractivity contribution >= 4 is 45.7 Å². The molecule has 1 unspecified atom stereocenters. The van der Waals surface area contributed by atoms with E-state index in [1.54, 1.807) is 6.20 Å². The van der Waals surface area contributed by atoms with E-state index in [1.165, 1.54) is 4.45 Å². The first-order valence-electron chi connectivity index (χ1n) is 8.60. The summed E-state index contributed by atoms with van der Waals surface area (Å²) < 4.78 is 3.24. The minimum atomic E-state index is -0.276. The molecule has 3 aromatic rings. The van der Waals surface area contributed by atoms with Gasteiger partial charge in [-0.25, -0.2) is 9.13 Å². The molecule has 0 fully saturated rings.